The fourth-order valence-electron chi connectivity index (χ4n) is 3.06. The fraction of sp³-hybridized carbons (Fsp3) is 0.273. The van der Waals surface area contributed by atoms with Crippen molar-refractivity contribution >= 4 is 46.6 Å². The Hall–Kier alpha value is -3.05. The van der Waals surface area contributed by atoms with Crippen LogP contribution in [-0.2, 0) is 28.7 Å². The molecule has 0 radical (unpaired) electrons. The molecule has 0 unspecified atom stereocenters. The van der Waals surface area contributed by atoms with E-state index in [1.54, 1.807) is 29.7 Å². The van der Waals surface area contributed by atoms with Gasteiger partial charge in [-0.2, -0.15) is 13.2 Å². The number of thioether (sulfide) groups is 1. The first-order valence-electron chi connectivity index (χ1n) is 10.2. The van der Waals surface area contributed by atoms with Crippen LogP contribution in [0.4, 0.5) is 24.5 Å². The van der Waals surface area contributed by atoms with Crippen LogP contribution >= 0.6 is 23.4 Å². The van der Waals surface area contributed by atoms with Crippen LogP contribution in [0, 0.1) is 6.92 Å². The summed E-state index contributed by atoms with van der Waals surface area (Å²) in [5.74, 6) is -0.405. The minimum absolute atomic E-state index is 0.0324. The van der Waals surface area contributed by atoms with Gasteiger partial charge in [-0.25, -0.2) is 0 Å². The molecule has 1 aromatic heterocycles. The van der Waals surface area contributed by atoms with E-state index in [1.165, 1.54) is 12.1 Å². The number of hydrogen-bond donors (Lipinski definition) is 2. The number of rotatable bonds is 8. The summed E-state index contributed by atoms with van der Waals surface area (Å²) in [6, 6.07) is 9.61. The van der Waals surface area contributed by atoms with Gasteiger partial charge in [-0.05, 0) is 49.7 Å². The molecule has 0 aliphatic carbocycles. The van der Waals surface area contributed by atoms with E-state index in [0.717, 1.165) is 29.5 Å². The standard InChI is InChI=1S/C22H21ClF3N5O2S/c1-3-31-18(11-19(32)27-15-7-4-6-14(10-15)22(24,25)26)29-30-21(31)34-12-20(33)28-17-9-5-8-16(23)13(17)2/h4-10H,3,11-12H2,1-2H3,(H,27,32)(H,28,33). The molecule has 0 bridgehead atoms. The van der Waals surface area contributed by atoms with Crippen molar-refractivity contribution in [2.75, 3.05) is 16.4 Å². The van der Waals surface area contributed by atoms with Crippen LogP contribution in [-0.4, -0.2) is 32.3 Å². The van der Waals surface area contributed by atoms with Crippen LogP contribution in [0.25, 0.3) is 0 Å². The number of carbonyl (C=O) groups excluding carboxylic acids is 2. The number of carbonyl (C=O) groups is 2. The van der Waals surface area contributed by atoms with E-state index in [4.69, 9.17) is 11.6 Å². The third-order valence-electron chi connectivity index (χ3n) is 4.78. The van der Waals surface area contributed by atoms with Gasteiger partial charge in [0.15, 0.2) is 5.16 Å². The number of anilines is 2. The number of hydrogen-bond acceptors (Lipinski definition) is 5. The zero-order valence-corrected chi connectivity index (χ0v) is 19.8. The minimum atomic E-state index is -4.51. The predicted octanol–water partition coefficient (Wildman–Crippen LogP) is 5.19. The van der Waals surface area contributed by atoms with Crippen LogP contribution in [0.3, 0.4) is 0 Å². The molecule has 1 heterocycles. The summed E-state index contributed by atoms with van der Waals surface area (Å²) in [5, 5.41) is 14.3. The maximum Gasteiger partial charge on any atom is 0.416 e. The molecule has 0 spiro atoms. The first-order valence-corrected chi connectivity index (χ1v) is 11.5. The van der Waals surface area contributed by atoms with E-state index in [1.807, 2.05) is 6.92 Å². The van der Waals surface area contributed by atoms with Crippen molar-refractivity contribution in [3.05, 3.63) is 64.4 Å². The number of nitrogens with zero attached hydrogens (tertiary/aromatic N) is 3. The van der Waals surface area contributed by atoms with Gasteiger partial charge in [0.05, 0.1) is 17.7 Å². The lowest BCUT2D eigenvalue weighted by Gasteiger charge is -2.11. The molecule has 0 atom stereocenters. The monoisotopic (exact) mass is 511 g/mol. The van der Waals surface area contributed by atoms with Gasteiger partial charge in [0.25, 0.3) is 0 Å². The van der Waals surface area contributed by atoms with E-state index in [9.17, 15) is 22.8 Å². The lowest BCUT2D eigenvalue weighted by atomic mass is 10.2. The Morgan fingerprint density at radius 3 is 2.53 bits per heavy atom. The van der Waals surface area contributed by atoms with E-state index < -0.39 is 17.6 Å². The number of alkyl halides is 3. The van der Waals surface area contributed by atoms with Crippen molar-refractivity contribution in [1.82, 2.24) is 14.8 Å². The molecule has 0 saturated carbocycles. The predicted molar refractivity (Wildman–Crippen MR) is 125 cm³/mol. The van der Waals surface area contributed by atoms with Gasteiger partial charge in [0.1, 0.15) is 5.82 Å². The molecule has 2 aromatic carbocycles. The highest BCUT2D eigenvalue weighted by Gasteiger charge is 2.30. The molecule has 7 nitrogen and oxygen atoms in total. The zero-order valence-electron chi connectivity index (χ0n) is 18.2. The number of nitrogens with one attached hydrogen (secondary N) is 2. The highest BCUT2D eigenvalue weighted by Crippen LogP contribution is 2.30. The molecule has 0 fully saturated rings. The van der Waals surface area contributed by atoms with Crippen molar-refractivity contribution in [3.63, 3.8) is 0 Å². The molecule has 34 heavy (non-hydrogen) atoms. The lowest BCUT2D eigenvalue weighted by Crippen LogP contribution is -2.18. The smallest absolute Gasteiger partial charge is 0.326 e. The van der Waals surface area contributed by atoms with Gasteiger partial charge < -0.3 is 15.2 Å². The Bertz CT molecular complexity index is 1200. The van der Waals surface area contributed by atoms with Gasteiger partial charge in [-0.3, -0.25) is 9.59 Å². The van der Waals surface area contributed by atoms with Crippen molar-refractivity contribution < 1.29 is 22.8 Å². The summed E-state index contributed by atoms with van der Waals surface area (Å²) in [4.78, 5) is 24.8. The average molecular weight is 512 g/mol. The normalized spacial score (nSPS) is 11.4. The van der Waals surface area contributed by atoms with Crippen LogP contribution in [0.5, 0.6) is 0 Å². The summed E-state index contributed by atoms with van der Waals surface area (Å²) in [7, 11) is 0. The van der Waals surface area contributed by atoms with Gasteiger partial charge >= 0.3 is 6.18 Å². The fourth-order valence-corrected chi connectivity index (χ4v) is 4.05. The molecule has 180 valence electrons. The van der Waals surface area contributed by atoms with Crippen LogP contribution < -0.4 is 10.6 Å². The number of benzene rings is 2. The van der Waals surface area contributed by atoms with Crippen molar-refractivity contribution in [3.8, 4) is 0 Å². The Morgan fingerprint density at radius 2 is 1.82 bits per heavy atom. The summed E-state index contributed by atoms with van der Waals surface area (Å²) < 4.78 is 40.3. The topological polar surface area (TPSA) is 88.9 Å². The first kappa shape index (κ1) is 25.6. The summed E-state index contributed by atoms with van der Waals surface area (Å²) in [6.07, 6.45) is -4.70. The van der Waals surface area contributed by atoms with Gasteiger partial charge in [0.2, 0.25) is 11.8 Å². The van der Waals surface area contributed by atoms with Crippen LogP contribution in [0.1, 0.15) is 23.9 Å². The number of aromatic nitrogens is 3. The molecule has 3 rings (SSSR count). The van der Waals surface area contributed by atoms with Crippen LogP contribution in [0.15, 0.2) is 47.6 Å². The molecule has 12 heteroatoms. The SMILES string of the molecule is CCn1c(CC(=O)Nc2cccc(C(F)(F)F)c2)nnc1SCC(=O)Nc1cccc(Cl)c1C. The van der Waals surface area contributed by atoms with E-state index in [2.05, 4.69) is 20.8 Å². The van der Waals surface area contributed by atoms with E-state index >= 15 is 0 Å². The second-order valence-corrected chi connectivity index (χ2v) is 8.55. The van der Waals surface area contributed by atoms with Gasteiger partial charge in [0, 0.05) is 22.9 Å². The molecule has 2 N–H and O–H groups in total. The van der Waals surface area contributed by atoms with Gasteiger partial charge in [-0.15, -0.1) is 10.2 Å². The highest BCUT2D eigenvalue weighted by atomic mass is 35.5. The third kappa shape index (κ3) is 6.51. The minimum Gasteiger partial charge on any atom is -0.326 e. The Morgan fingerprint density at radius 1 is 1.09 bits per heavy atom. The summed E-state index contributed by atoms with van der Waals surface area (Å²) in [5.41, 5.74) is 0.548. The Kier molecular flexibility index (Phi) is 8.21. The molecule has 3 aromatic rings. The molecular weight excluding hydrogens is 491 g/mol. The largest absolute Gasteiger partial charge is 0.416 e. The molecule has 0 aliphatic rings. The quantitative estimate of drug-likeness (QED) is 0.406. The Labute approximate surface area is 203 Å². The maximum absolute atomic E-state index is 12.9. The number of amides is 2. The second kappa shape index (κ2) is 10.9. The van der Waals surface area contributed by atoms with Crippen LogP contribution in [0.2, 0.25) is 5.02 Å². The van der Waals surface area contributed by atoms with Crippen molar-refractivity contribution in [2.45, 2.75) is 38.1 Å². The molecular formula is C22H21ClF3N5O2S. The number of halogens is 4. The first-order chi connectivity index (χ1) is 16.1. The maximum atomic E-state index is 12.9. The lowest BCUT2D eigenvalue weighted by molar-refractivity contribution is -0.137. The van der Waals surface area contributed by atoms with E-state index in [-0.39, 0.29) is 23.8 Å². The summed E-state index contributed by atoms with van der Waals surface area (Å²) in [6.45, 7) is 4.07. The highest BCUT2D eigenvalue weighted by molar-refractivity contribution is 7.99. The molecule has 2 amide bonds. The van der Waals surface area contributed by atoms with Gasteiger partial charge in [-0.1, -0.05) is 35.5 Å². The molecule has 0 saturated heterocycles. The Balaban J connectivity index is 1.61. The van der Waals surface area contributed by atoms with Crippen molar-refractivity contribution in [2.24, 2.45) is 0 Å². The second-order valence-electron chi connectivity index (χ2n) is 7.20. The molecule has 0 aliphatic heterocycles. The average Bonchev–Trinajstić information content (AvgIpc) is 3.16. The van der Waals surface area contributed by atoms with E-state index in [0.29, 0.717) is 28.2 Å². The zero-order chi connectivity index (χ0) is 24.9. The third-order valence-corrected chi connectivity index (χ3v) is 6.15. The van der Waals surface area contributed by atoms with Crippen molar-refractivity contribution in [1.29, 1.82) is 0 Å². The summed E-state index contributed by atoms with van der Waals surface area (Å²) >= 11 is 7.23.